The topological polar surface area (TPSA) is 94.9 Å². The minimum absolute atomic E-state index is 0.130. The van der Waals surface area contributed by atoms with Crippen molar-refractivity contribution in [2.75, 3.05) is 0 Å². The molecule has 1 heterocycles. The van der Waals surface area contributed by atoms with Gasteiger partial charge in [0, 0.05) is 17.6 Å². The maximum atomic E-state index is 11.1. The Labute approximate surface area is 99.0 Å². The molecular weight excluding hydrogens is 224 g/mol. The summed E-state index contributed by atoms with van der Waals surface area (Å²) < 4.78 is 0. The molecule has 1 rings (SSSR count). The second-order valence-corrected chi connectivity index (χ2v) is 5.35. The zero-order valence-corrected chi connectivity index (χ0v) is 10.2. The van der Waals surface area contributed by atoms with Crippen molar-refractivity contribution in [3.8, 4) is 0 Å². The van der Waals surface area contributed by atoms with Crippen LogP contribution < -0.4 is 11.5 Å². The highest BCUT2D eigenvalue weighted by molar-refractivity contribution is 7.99. The van der Waals surface area contributed by atoms with Crippen molar-refractivity contribution in [1.82, 2.24) is 9.97 Å². The number of carbonyl (C=O) groups is 1. The molecule has 1 aromatic heterocycles. The summed E-state index contributed by atoms with van der Waals surface area (Å²) in [6.45, 7) is 3.60. The fourth-order valence-corrected chi connectivity index (χ4v) is 2.30. The van der Waals surface area contributed by atoms with Gasteiger partial charge in [-0.15, -0.1) is 0 Å². The van der Waals surface area contributed by atoms with Crippen LogP contribution in [0.5, 0.6) is 0 Å². The molecule has 2 unspecified atom stereocenters. The molecule has 2 atom stereocenters. The lowest BCUT2D eigenvalue weighted by molar-refractivity contribution is -0.122. The maximum absolute atomic E-state index is 11.1. The minimum Gasteiger partial charge on any atom is -0.368 e. The summed E-state index contributed by atoms with van der Waals surface area (Å²) in [6.07, 6.45) is 3.85. The first-order valence-corrected chi connectivity index (χ1v) is 5.82. The second kappa shape index (κ2) is 5.27. The van der Waals surface area contributed by atoms with Gasteiger partial charge in [-0.25, -0.2) is 9.97 Å². The average Bonchev–Trinajstić information content (AvgIpc) is 2.17. The highest BCUT2D eigenvalue weighted by Crippen LogP contribution is 2.24. The van der Waals surface area contributed by atoms with E-state index in [2.05, 4.69) is 9.97 Å². The van der Waals surface area contributed by atoms with Crippen LogP contribution in [0.2, 0.25) is 0 Å². The molecule has 88 valence electrons. The fourth-order valence-electron chi connectivity index (χ4n) is 1.27. The van der Waals surface area contributed by atoms with E-state index in [9.17, 15) is 4.79 Å². The van der Waals surface area contributed by atoms with E-state index < -0.39 is 11.4 Å². The zero-order valence-electron chi connectivity index (χ0n) is 9.38. The van der Waals surface area contributed by atoms with Crippen LogP contribution in [0.25, 0.3) is 0 Å². The molecule has 6 heteroatoms. The molecule has 16 heavy (non-hydrogen) atoms. The Kier molecular flexibility index (Phi) is 4.26. The van der Waals surface area contributed by atoms with E-state index in [1.807, 2.05) is 6.92 Å². The van der Waals surface area contributed by atoms with Crippen molar-refractivity contribution in [3.05, 3.63) is 18.5 Å². The number of nitrogens with zero attached hydrogens (tertiary/aromatic N) is 2. The molecule has 0 aliphatic rings. The molecule has 0 aromatic carbocycles. The Morgan fingerprint density at radius 3 is 2.62 bits per heavy atom. The maximum Gasteiger partial charge on any atom is 0.237 e. The van der Waals surface area contributed by atoms with Gasteiger partial charge in [0.15, 0.2) is 5.16 Å². The van der Waals surface area contributed by atoms with Gasteiger partial charge in [-0.3, -0.25) is 4.79 Å². The van der Waals surface area contributed by atoms with Crippen LogP contribution in [-0.4, -0.2) is 26.7 Å². The normalized spacial score (nSPS) is 16.4. The van der Waals surface area contributed by atoms with Crippen molar-refractivity contribution in [2.24, 2.45) is 11.5 Å². The number of aromatic nitrogens is 2. The molecule has 1 amide bonds. The van der Waals surface area contributed by atoms with Gasteiger partial charge in [-0.05, 0) is 19.4 Å². The first-order chi connectivity index (χ1) is 7.42. The molecule has 0 spiro atoms. The van der Waals surface area contributed by atoms with Crippen LogP contribution in [-0.2, 0) is 4.79 Å². The number of amides is 1. The van der Waals surface area contributed by atoms with Crippen LogP contribution in [0.4, 0.5) is 0 Å². The third-order valence-electron chi connectivity index (χ3n) is 2.12. The smallest absolute Gasteiger partial charge is 0.237 e. The number of nitrogens with two attached hydrogens (primary N) is 2. The number of hydrogen-bond acceptors (Lipinski definition) is 5. The molecule has 0 aliphatic carbocycles. The number of thioether (sulfide) groups is 1. The summed E-state index contributed by atoms with van der Waals surface area (Å²) in [6, 6.07) is 1.76. The second-order valence-electron chi connectivity index (χ2n) is 3.95. The van der Waals surface area contributed by atoms with Crippen molar-refractivity contribution in [3.63, 3.8) is 0 Å². The Morgan fingerprint density at radius 1 is 1.56 bits per heavy atom. The Bertz CT molecular complexity index is 355. The molecule has 0 aliphatic heterocycles. The molecule has 0 bridgehead atoms. The van der Waals surface area contributed by atoms with Crippen molar-refractivity contribution in [2.45, 2.75) is 36.2 Å². The monoisotopic (exact) mass is 240 g/mol. The summed E-state index contributed by atoms with van der Waals surface area (Å²) in [5, 5.41) is 0.806. The highest BCUT2D eigenvalue weighted by Gasteiger charge is 2.28. The molecule has 0 radical (unpaired) electrons. The van der Waals surface area contributed by atoms with Crippen molar-refractivity contribution in [1.29, 1.82) is 0 Å². The van der Waals surface area contributed by atoms with E-state index in [1.54, 1.807) is 25.4 Å². The van der Waals surface area contributed by atoms with Crippen LogP contribution >= 0.6 is 11.8 Å². The van der Waals surface area contributed by atoms with Gasteiger partial charge in [-0.2, -0.15) is 0 Å². The lowest BCUT2D eigenvalue weighted by atomic mass is 9.97. The van der Waals surface area contributed by atoms with E-state index in [-0.39, 0.29) is 5.25 Å². The van der Waals surface area contributed by atoms with E-state index >= 15 is 0 Å². The van der Waals surface area contributed by atoms with Crippen LogP contribution in [0.1, 0.15) is 20.3 Å². The average molecular weight is 240 g/mol. The lowest BCUT2D eigenvalue weighted by Gasteiger charge is -2.23. The third-order valence-corrected chi connectivity index (χ3v) is 3.11. The third kappa shape index (κ3) is 3.79. The van der Waals surface area contributed by atoms with Gasteiger partial charge >= 0.3 is 0 Å². The quantitative estimate of drug-likeness (QED) is 0.579. The Hall–Kier alpha value is -1.14. The first kappa shape index (κ1) is 12.9. The summed E-state index contributed by atoms with van der Waals surface area (Å²) in [7, 11) is 0. The van der Waals surface area contributed by atoms with E-state index in [4.69, 9.17) is 11.5 Å². The fraction of sp³-hybridized carbons (Fsp3) is 0.500. The highest BCUT2D eigenvalue weighted by atomic mass is 32.2. The minimum atomic E-state index is -0.985. The number of hydrogen-bond donors (Lipinski definition) is 2. The van der Waals surface area contributed by atoms with Crippen molar-refractivity contribution >= 4 is 17.7 Å². The standard InChI is InChI=1S/C10H16N4OS/c1-7(6-10(2,12)8(11)15)16-9-13-4-3-5-14-9/h3-5,7H,6,12H2,1-2H3,(H2,11,15). The lowest BCUT2D eigenvalue weighted by Crippen LogP contribution is -2.50. The number of rotatable bonds is 5. The molecule has 0 saturated heterocycles. The molecule has 0 saturated carbocycles. The molecular formula is C10H16N4OS. The zero-order chi connectivity index (χ0) is 12.2. The summed E-state index contributed by atoms with van der Waals surface area (Å²) in [4.78, 5) is 19.2. The van der Waals surface area contributed by atoms with Gasteiger partial charge in [0.2, 0.25) is 5.91 Å². The number of carbonyl (C=O) groups excluding carboxylic acids is 1. The van der Waals surface area contributed by atoms with Crippen LogP contribution in [0.15, 0.2) is 23.6 Å². The van der Waals surface area contributed by atoms with E-state index in [1.165, 1.54) is 11.8 Å². The van der Waals surface area contributed by atoms with Gasteiger partial charge in [0.25, 0.3) is 0 Å². The molecule has 0 fully saturated rings. The molecule has 5 nitrogen and oxygen atoms in total. The summed E-state index contributed by atoms with van der Waals surface area (Å²) in [5.41, 5.74) is 10.0. The van der Waals surface area contributed by atoms with Gasteiger partial charge in [0.1, 0.15) is 0 Å². The van der Waals surface area contributed by atoms with E-state index in [0.717, 1.165) is 0 Å². The Morgan fingerprint density at radius 2 is 2.12 bits per heavy atom. The predicted molar refractivity (Wildman–Crippen MR) is 63.8 cm³/mol. The largest absolute Gasteiger partial charge is 0.368 e. The first-order valence-electron chi connectivity index (χ1n) is 4.94. The van der Waals surface area contributed by atoms with Gasteiger partial charge < -0.3 is 11.5 Å². The van der Waals surface area contributed by atoms with Gasteiger partial charge in [-0.1, -0.05) is 18.7 Å². The Balaban J connectivity index is 2.54. The summed E-state index contributed by atoms with van der Waals surface area (Å²) in [5.74, 6) is -0.492. The number of primary amides is 1. The van der Waals surface area contributed by atoms with Crippen LogP contribution in [0.3, 0.4) is 0 Å². The summed E-state index contributed by atoms with van der Waals surface area (Å²) >= 11 is 1.48. The molecule has 1 aromatic rings. The van der Waals surface area contributed by atoms with E-state index in [0.29, 0.717) is 11.6 Å². The van der Waals surface area contributed by atoms with Gasteiger partial charge in [0.05, 0.1) is 5.54 Å². The van der Waals surface area contributed by atoms with Crippen molar-refractivity contribution < 1.29 is 4.79 Å². The predicted octanol–water partition coefficient (Wildman–Crippen LogP) is 0.550. The van der Waals surface area contributed by atoms with Crippen LogP contribution in [0, 0.1) is 0 Å². The molecule has 4 N–H and O–H groups in total. The SMILES string of the molecule is CC(CC(C)(N)C(N)=O)Sc1ncccn1.